The van der Waals surface area contributed by atoms with Gasteiger partial charge in [-0.15, -0.1) is 0 Å². The van der Waals surface area contributed by atoms with E-state index in [4.69, 9.17) is 11.6 Å². The van der Waals surface area contributed by atoms with Crippen molar-refractivity contribution in [2.75, 3.05) is 0 Å². The summed E-state index contributed by atoms with van der Waals surface area (Å²) in [5.74, 6) is 0. The molecule has 0 aromatic carbocycles. The molecule has 0 bridgehead atoms. The molecule has 0 saturated carbocycles. The first kappa shape index (κ1) is 11.3. The number of aromatic nitrogens is 1. The van der Waals surface area contributed by atoms with Crippen molar-refractivity contribution in [1.82, 2.24) is 4.98 Å². The summed E-state index contributed by atoms with van der Waals surface area (Å²) >= 11 is 8.19. The van der Waals surface area contributed by atoms with Gasteiger partial charge in [-0.25, -0.2) is 8.78 Å². The molecule has 0 amide bonds. The smallest absolute Gasteiger partial charge is 0.258 e. The maximum absolute atomic E-state index is 12.2. The van der Waals surface area contributed by atoms with Crippen molar-refractivity contribution in [3.05, 3.63) is 31.5 Å². The molecule has 0 fully saturated rings. The first-order valence-corrected chi connectivity index (χ1v) is 4.38. The van der Waals surface area contributed by atoms with E-state index in [2.05, 4.69) is 20.9 Å². The van der Waals surface area contributed by atoms with E-state index < -0.39 is 27.8 Å². The van der Waals surface area contributed by atoms with Gasteiger partial charge in [-0.2, -0.15) is 0 Å². The first-order valence-electron chi connectivity index (χ1n) is 3.21. The molecule has 0 N–H and O–H groups in total. The van der Waals surface area contributed by atoms with Crippen LogP contribution < -0.4 is 0 Å². The van der Waals surface area contributed by atoms with Crippen molar-refractivity contribution < 1.29 is 13.7 Å². The van der Waals surface area contributed by atoms with Crippen molar-refractivity contribution in [2.24, 2.45) is 0 Å². The predicted octanol–water partition coefficient (Wildman–Crippen LogP) is 3.34. The number of nitrogens with zero attached hydrogens (tertiary/aromatic N) is 2. The van der Waals surface area contributed by atoms with E-state index in [9.17, 15) is 18.9 Å². The van der Waals surface area contributed by atoms with Crippen LogP contribution in [0.25, 0.3) is 0 Å². The van der Waals surface area contributed by atoms with Crippen molar-refractivity contribution in [3.63, 3.8) is 0 Å². The van der Waals surface area contributed by atoms with Gasteiger partial charge in [0.2, 0.25) is 0 Å². The lowest BCUT2D eigenvalue weighted by Gasteiger charge is -2.03. The zero-order valence-electron chi connectivity index (χ0n) is 6.38. The summed E-state index contributed by atoms with van der Waals surface area (Å²) in [5.41, 5.74) is -1.39. The molecule has 14 heavy (non-hydrogen) atoms. The van der Waals surface area contributed by atoms with E-state index in [0.717, 1.165) is 6.20 Å². The van der Waals surface area contributed by atoms with E-state index in [1.807, 2.05) is 0 Å². The van der Waals surface area contributed by atoms with Crippen LogP contribution in [0.15, 0.2) is 10.7 Å². The SMILES string of the molecule is O=[N+]([O-])c1c(Br)cnc(C(F)F)c1Cl. The van der Waals surface area contributed by atoms with Crippen LogP contribution in [-0.4, -0.2) is 9.91 Å². The average Bonchev–Trinajstić information content (AvgIpc) is 2.02. The average molecular weight is 287 g/mol. The molecule has 1 aromatic rings. The fraction of sp³-hybridized carbons (Fsp3) is 0.167. The summed E-state index contributed by atoms with van der Waals surface area (Å²) < 4.78 is 24.4. The standard InChI is InChI=1S/C6H2BrClF2N2O2/c7-2-1-11-4(6(9)10)3(8)5(2)12(13)14/h1,6H. The lowest BCUT2D eigenvalue weighted by atomic mass is 10.3. The summed E-state index contributed by atoms with van der Waals surface area (Å²) in [4.78, 5) is 12.9. The second kappa shape index (κ2) is 4.14. The van der Waals surface area contributed by atoms with Gasteiger partial charge in [-0.05, 0) is 15.9 Å². The maximum atomic E-state index is 12.2. The Morgan fingerprint density at radius 3 is 2.64 bits per heavy atom. The van der Waals surface area contributed by atoms with E-state index in [-0.39, 0.29) is 4.47 Å². The van der Waals surface area contributed by atoms with E-state index in [0.29, 0.717) is 0 Å². The number of pyridine rings is 1. The Labute approximate surface area is 90.2 Å². The molecule has 1 heterocycles. The van der Waals surface area contributed by atoms with Gasteiger partial charge >= 0.3 is 5.69 Å². The topological polar surface area (TPSA) is 56.0 Å². The van der Waals surface area contributed by atoms with Crippen LogP contribution in [0, 0.1) is 10.1 Å². The summed E-state index contributed by atoms with van der Waals surface area (Å²) in [5, 5.41) is 9.80. The first-order chi connectivity index (χ1) is 6.45. The Bertz CT molecular complexity index is 388. The second-order valence-electron chi connectivity index (χ2n) is 2.21. The molecular formula is C6H2BrClF2N2O2. The third-order valence-electron chi connectivity index (χ3n) is 1.37. The van der Waals surface area contributed by atoms with Gasteiger partial charge < -0.3 is 0 Å². The Hall–Kier alpha value is -0.820. The lowest BCUT2D eigenvalue weighted by molar-refractivity contribution is -0.385. The predicted molar refractivity (Wildman–Crippen MR) is 48.6 cm³/mol. The molecule has 8 heteroatoms. The Morgan fingerprint density at radius 1 is 1.64 bits per heavy atom. The van der Waals surface area contributed by atoms with Crippen LogP contribution in [-0.2, 0) is 0 Å². The Morgan fingerprint density at radius 2 is 2.21 bits per heavy atom. The van der Waals surface area contributed by atoms with Gasteiger partial charge in [0.15, 0.2) is 0 Å². The van der Waals surface area contributed by atoms with Gasteiger partial charge in [0, 0.05) is 6.20 Å². The van der Waals surface area contributed by atoms with Crippen molar-refractivity contribution >= 4 is 33.2 Å². The lowest BCUT2D eigenvalue weighted by Crippen LogP contribution is -1.98. The minimum Gasteiger partial charge on any atom is -0.258 e. The van der Waals surface area contributed by atoms with Crippen LogP contribution in [0.4, 0.5) is 14.5 Å². The Kier molecular flexibility index (Phi) is 3.33. The highest BCUT2D eigenvalue weighted by Gasteiger charge is 2.25. The monoisotopic (exact) mass is 286 g/mol. The zero-order chi connectivity index (χ0) is 10.9. The molecule has 0 aliphatic rings. The van der Waals surface area contributed by atoms with Crippen LogP contribution in [0.3, 0.4) is 0 Å². The number of hydrogen-bond acceptors (Lipinski definition) is 3. The Balaban J connectivity index is 3.41. The summed E-state index contributed by atoms with van der Waals surface area (Å²) in [6.45, 7) is 0. The van der Waals surface area contributed by atoms with Gasteiger partial charge in [0.05, 0.1) is 4.92 Å². The van der Waals surface area contributed by atoms with Crippen molar-refractivity contribution in [1.29, 1.82) is 0 Å². The number of alkyl halides is 2. The highest BCUT2D eigenvalue weighted by atomic mass is 79.9. The molecule has 4 nitrogen and oxygen atoms in total. The van der Waals surface area contributed by atoms with Crippen LogP contribution in [0.1, 0.15) is 12.1 Å². The number of rotatable bonds is 2. The van der Waals surface area contributed by atoms with Crippen LogP contribution in [0.2, 0.25) is 5.02 Å². The molecule has 0 saturated heterocycles. The molecular weight excluding hydrogens is 285 g/mol. The largest absolute Gasteiger partial charge is 0.305 e. The molecule has 0 atom stereocenters. The van der Waals surface area contributed by atoms with Gasteiger partial charge in [-0.3, -0.25) is 15.1 Å². The minimum absolute atomic E-state index is 0.0306. The fourth-order valence-corrected chi connectivity index (χ4v) is 1.65. The van der Waals surface area contributed by atoms with E-state index in [1.54, 1.807) is 0 Å². The summed E-state index contributed by atoms with van der Waals surface area (Å²) in [6, 6.07) is 0. The normalized spacial score (nSPS) is 10.6. The molecule has 0 unspecified atom stereocenters. The second-order valence-corrected chi connectivity index (χ2v) is 3.44. The minimum atomic E-state index is -2.94. The number of nitro groups is 1. The van der Waals surface area contributed by atoms with Crippen LogP contribution in [0.5, 0.6) is 0 Å². The maximum Gasteiger partial charge on any atom is 0.305 e. The fourth-order valence-electron chi connectivity index (χ4n) is 0.790. The molecule has 0 spiro atoms. The summed E-state index contributed by atoms with van der Waals surface area (Å²) in [7, 11) is 0. The van der Waals surface area contributed by atoms with Gasteiger partial charge in [0.25, 0.3) is 6.43 Å². The third-order valence-corrected chi connectivity index (χ3v) is 2.32. The van der Waals surface area contributed by atoms with E-state index in [1.165, 1.54) is 0 Å². The quantitative estimate of drug-likeness (QED) is 0.619. The van der Waals surface area contributed by atoms with Crippen LogP contribution >= 0.6 is 27.5 Å². The highest BCUT2D eigenvalue weighted by Crippen LogP contribution is 2.37. The highest BCUT2D eigenvalue weighted by molar-refractivity contribution is 9.10. The molecule has 0 radical (unpaired) electrons. The third kappa shape index (κ3) is 1.98. The number of halogens is 4. The summed E-state index contributed by atoms with van der Waals surface area (Å²) in [6.07, 6.45) is -2.01. The van der Waals surface area contributed by atoms with Crippen molar-refractivity contribution in [3.8, 4) is 0 Å². The molecule has 1 rings (SSSR count). The molecule has 1 aromatic heterocycles. The van der Waals surface area contributed by atoms with E-state index >= 15 is 0 Å². The zero-order valence-corrected chi connectivity index (χ0v) is 8.72. The van der Waals surface area contributed by atoms with Crippen molar-refractivity contribution in [2.45, 2.75) is 6.43 Å². The molecule has 0 aliphatic carbocycles. The van der Waals surface area contributed by atoms with Gasteiger partial charge in [-0.1, -0.05) is 11.6 Å². The number of hydrogen-bond donors (Lipinski definition) is 0. The van der Waals surface area contributed by atoms with Gasteiger partial charge in [0.1, 0.15) is 15.2 Å². The molecule has 0 aliphatic heterocycles. The molecule has 76 valence electrons.